The molecule has 1 aromatic rings. The maximum absolute atomic E-state index is 12.4. The van der Waals surface area contributed by atoms with Gasteiger partial charge in [0.2, 0.25) is 5.91 Å². The maximum Gasteiger partial charge on any atom is 0.236 e. The number of allylic oxidation sites excluding steroid dienone is 1. The van der Waals surface area contributed by atoms with Crippen molar-refractivity contribution in [3.05, 3.63) is 35.9 Å². The minimum Gasteiger partial charge on any atom is -0.495 e. The van der Waals surface area contributed by atoms with E-state index < -0.39 is 0 Å². The van der Waals surface area contributed by atoms with Crippen molar-refractivity contribution in [1.82, 2.24) is 10.2 Å². The summed E-state index contributed by atoms with van der Waals surface area (Å²) in [5.41, 5.74) is 2.67. The predicted octanol–water partition coefficient (Wildman–Crippen LogP) is 2.82. The smallest absolute Gasteiger partial charge is 0.236 e. The van der Waals surface area contributed by atoms with Crippen LogP contribution in [0.5, 0.6) is 5.75 Å². The number of hydrogen-bond donors (Lipinski definition) is 1. The van der Waals surface area contributed by atoms with Gasteiger partial charge in [-0.25, -0.2) is 0 Å². The number of rotatable bonds is 7. The summed E-state index contributed by atoms with van der Waals surface area (Å²) in [6, 6.07) is 8.08. The van der Waals surface area contributed by atoms with Gasteiger partial charge in [-0.15, -0.1) is 0 Å². The van der Waals surface area contributed by atoms with Gasteiger partial charge in [0, 0.05) is 26.2 Å². The third-order valence-corrected chi connectivity index (χ3v) is 5.34. The third kappa shape index (κ3) is 5.01. The number of anilines is 1. The third-order valence-electron chi connectivity index (χ3n) is 5.34. The van der Waals surface area contributed by atoms with Crippen LogP contribution < -0.4 is 15.0 Å². The molecule has 26 heavy (non-hydrogen) atoms. The molecule has 1 saturated heterocycles. The number of ether oxygens (including phenoxy) is 1. The van der Waals surface area contributed by atoms with Gasteiger partial charge in [0.1, 0.15) is 5.75 Å². The second-order valence-corrected chi connectivity index (χ2v) is 7.07. The van der Waals surface area contributed by atoms with E-state index in [2.05, 4.69) is 22.4 Å². The molecule has 0 bridgehead atoms. The zero-order valence-electron chi connectivity index (χ0n) is 15.9. The predicted molar refractivity (Wildman–Crippen MR) is 106 cm³/mol. The van der Waals surface area contributed by atoms with Crippen molar-refractivity contribution in [2.75, 3.05) is 51.3 Å². The van der Waals surface area contributed by atoms with Gasteiger partial charge in [-0.05, 0) is 50.8 Å². The number of nitrogens with one attached hydrogen (secondary N) is 1. The fourth-order valence-corrected chi connectivity index (χ4v) is 3.78. The van der Waals surface area contributed by atoms with E-state index in [1.807, 2.05) is 23.1 Å². The first kappa shape index (κ1) is 18.8. The van der Waals surface area contributed by atoms with Crippen molar-refractivity contribution < 1.29 is 9.53 Å². The molecule has 1 aliphatic heterocycles. The van der Waals surface area contributed by atoms with Crippen molar-refractivity contribution in [3.63, 3.8) is 0 Å². The minimum atomic E-state index is 0.210. The number of hydrogen-bond acceptors (Lipinski definition) is 4. The zero-order valence-corrected chi connectivity index (χ0v) is 15.9. The average molecular weight is 357 g/mol. The quantitative estimate of drug-likeness (QED) is 0.602. The molecule has 0 unspecified atom stereocenters. The number of carbonyl (C=O) groups is 1. The maximum atomic E-state index is 12.4. The Morgan fingerprint density at radius 2 is 1.96 bits per heavy atom. The molecule has 1 heterocycles. The summed E-state index contributed by atoms with van der Waals surface area (Å²) in [5, 5.41) is 3.33. The summed E-state index contributed by atoms with van der Waals surface area (Å²) in [6.07, 6.45) is 8.57. The molecule has 1 fully saturated rings. The van der Waals surface area contributed by atoms with Crippen LogP contribution in [0.2, 0.25) is 0 Å². The Labute approximate surface area is 157 Å². The van der Waals surface area contributed by atoms with E-state index in [0.717, 1.165) is 50.6 Å². The SMILES string of the molecule is COc1ccccc1N1CCN(C(=O)CNCCC2=CCCCC2)CC1. The Hall–Kier alpha value is -2.01. The van der Waals surface area contributed by atoms with E-state index in [9.17, 15) is 4.79 Å². The van der Waals surface area contributed by atoms with Crippen molar-refractivity contribution >= 4 is 11.6 Å². The van der Waals surface area contributed by atoms with Gasteiger partial charge < -0.3 is 19.9 Å². The molecule has 1 aliphatic carbocycles. The van der Waals surface area contributed by atoms with Crippen molar-refractivity contribution in [2.24, 2.45) is 0 Å². The number of amides is 1. The molecule has 5 nitrogen and oxygen atoms in total. The Kier molecular flexibility index (Phi) is 6.95. The van der Waals surface area contributed by atoms with Crippen LogP contribution >= 0.6 is 0 Å². The van der Waals surface area contributed by atoms with E-state index in [0.29, 0.717) is 6.54 Å². The number of carbonyl (C=O) groups excluding carboxylic acids is 1. The number of piperazine rings is 1. The highest BCUT2D eigenvalue weighted by Crippen LogP contribution is 2.28. The largest absolute Gasteiger partial charge is 0.495 e. The van der Waals surface area contributed by atoms with Gasteiger partial charge in [-0.1, -0.05) is 23.8 Å². The van der Waals surface area contributed by atoms with E-state index in [-0.39, 0.29) is 5.91 Å². The van der Waals surface area contributed by atoms with Crippen LogP contribution in [0.15, 0.2) is 35.9 Å². The molecule has 0 atom stereocenters. The van der Waals surface area contributed by atoms with Gasteiger partial charge in [-0.3, -0.25) is 4.79 Å². The van der Waals surface area contributed by atoms with Gasteiger partial charge in [0.15, 0.2) is 0 Å². The molecule has 1 amide bonds. The van der Waals surface area contributed by atoms with Crippen molar-refractivity contribution in [1.29, 1.82) is 0 Å². The monoisotopic (exact) mass is 357 g/mol. The fourth-order valence-electron chi connectivity index (χ4n) is 3.78. The number of para-hydroxylation sites is 2. The Morgan fingerprint density at radius 1 is 1.15 bits per heavy atom. The van der Waals surface area contributed by atoms with Crippen LogP contribution in [-0.4, -0.2) is 57.2 Å². The summed E-state index contributed by atoms with van der Waals surface area (Å²) in [6.45, 7) is 4.58. The van der Waals surface area contributed by atoms with E-state index in [1.54, 1.807) is 12.7 Å². The molecule has 3 rings (SSSR count). The van der Waals surface area contributed by atoms with Crippen LogP contribution in [-0.2, 0) is 4.79 Å². The number of nitrogens with zero attached hydrogens (tertiary/aromatic N) is 2. The molecule has 0 aromatic heterocycles. The molecule has 0 saturated carbocycles. The van der Waals surface area contributed by atoms with Crippen LogP contribution in [0.4, 0.5) is 5.69 Å². The fraction of sp³-hybridized carbons (Fsp3) is 0.571. The molecule has 1 N–H and O–H groups in total. The first-order valence-electron chi connectivity index (χ1n) is 9.82. The van der Waals surface area contributed by atoms with E-state index >= 15 is 0 Å². The summed E-state index contributed by atoms with van der Waals surface area (Å²) >= 11 is 0. The highest BCUT2D eigenvalue weighted by molar-refractivity contribution is 5.78. The molecule has 0 radical (unpaired) electrons. The average Bonchev–Trinajstić information content (AvgIpc) is 2.72. The molecule has 5 heteroatoms. The summed E-state index contributed by atoms with van der Waals surface area (Å²) < 4.78 is 5.45. The lowest BCUT2D eigenvalue weighted by Gasteiger charge is -2.36. The first-order chi connectivity index (χ1) is 12.8. The van der Waals surface area contributed by atoms with Gasteiger partial charge >= 0.3 is 0 Å². The van der Waals surface area contributed by atoms with E-state index in [1.165, 1.54) is 25.7 Å². The minimum absolute atomic E-state index is 0.210. The Bertz CT molecular complexity index is 621. The van der Waals surface area contributed by atoms with E-state index in [4.69, 9.17) is 4.74 Å². The Morgan fingerprint density at radius 3 is 2.69 bits per heavy atom. The first-order valence-corrected chi connectivity index (χ1v) is 9.82. The lowest BCUT2D eigenvalue weighted by Crippen LogP contribution is -2.51. The van der Waals surface area contributed by atoms with Crippen molar-refractivity contribution in [3.8, 4) is 5.75 Å². The molecular formula is C21H31N3O2. The summed E-state index contributed by atoms with van der Waals surface area (Å²) in [5.74, 6) is 1.10. The zero-order chi connectivity index (χ0) is 18.2. The normalized spacial score (nSPS) is 17.8. The lowest BCUT2D eigenvalue weighted by atomic mass is 9.97. The lowest BCUT2D eigenvalue weighted by molar-refractivity contribution is -0.130. The summed E-state index contributed by atoms with van der Waals surface area (Å²) in [4.78, 5) is 16.7. The highest BCUT2D eigenvalue weighted by Gasteiger charge is 2.22. The van der Waals surface area contributed by atoms with Crippen LogP contribution in [0.25, 0.3) is 0 Å². The standard InChI is InChI=1S/C21H31N3O2/c1-26-20-10-6-5-9-19(20)23-13-15-24(16-14-23)21(25)17-22-12-11-18-7-3-2-4-8-18/h5-7,9-10,22H,2-4,8,11-17H2,1H3. The molecule has 1 aromatic carbocycles. The summed E-state index contributed by atoms with van der Waals surface area (Å²) in [7, 11) is 1.70. The van der Waals surface area contributed by atoms with Crippen molar-refractivity contribution in [2.45, 2.75) is 32.1 Å². The Balaban J connectivity index is 1.38. The number of benzene rings is 1. The topological polar surface area (TPSA) is 44.8 Å². The highest BCUT2D eigenvalue weighted by atomic mass is 16.5. The molecule has 142 valence electrons. The van der Waals surface area contributed by atoms with Gasteiger partial charge in [-0.2, -0.15) is 0 Å². The van der Waals surface area contributed by atoms with Crippen LogP contribution in [0.1, 0.15) is 32.1 Å². The second kappa shape index (κ2) is 9.62. The molecular weight excluding hydrogens is 326 g/mol. The second-order valence-electron chi connectivity index (χ2n) is 7.07. The van der Waals surface area contributed by atoms with Gasteiger partial charge in [0.05, 0.1) is 19.3 Å². The molecule has 2 aliphatic rings. The molecule has 0 spiro atoms. The van der Waals surface area contributed by atoms with Crippen LogP contribution in [0, 0.1) is 0 Å². The van der Waals surface area contributed by atoms with Gasteiger partial charge in [0.25, 0.3) is 0 Å². The number of methoxy groups -OCH3 is 1. The van der Waals surface area contributed by atoms with Crippen LogP contribution in [0.3, 0.4) is 0 Å².